The van der Waals surface area contributed by atoms with E-state index in [1.165, 1.54) is 13.1 Å². The van der Waals surface area contributed by atoms with E-state index in [1.54, 1.807) is 0 Å². The minimum atomic E-state index is -1.21. The number of halogens is 2. The highest BCUT2D eigenvalue weighted by molar-refractivity contribution is 5.86. The summed E-state index contributed by atoms with van der Waals surface area (Å²) < 4.78 is 28.1. The van der Waals surface area contributed by atoms with Crippen molar-refractivity contribution in [3.63, 3.8) is 0 Å². The number of carboxylic acid groups (broad SMARTS) is 1. The first kappa shape index (κ1) is 11.3. The molecule has 0 aliphatic carbocycles. The van der Waals surface area contributed by atoms with Gasteiger partial charge in [-0.2, -0.15) is 0 Å². The number of nitrogens with zero attached hydrogens (tertiary/aromatic N) is 2. The molecule has 0 fully saturated rings. The highest BCUT2D eigenvalue weighted by Gasteiger charge is 2.19. The second-order valence-corrected chi connectivity index (χ2v) is 3.43. The monoisotopic (exact) mass is 238 g/mol. The van der Waals surface area contributed by atoms with Crippen molar-refractivity contribution in [2.24, 2.45) is 7.05 Å². The van der Waals surface area contributed by atoms with E-state index in [-0.39, 0.29) is 17.1 Å². The molecule has 4 nitrogen and oxygen atoms in total. The van der Waals surface area contributed by atoms with Gasteiger partial charge in [0.1, 0.15) is 23.2 Å². The van der Waals surface area contributed by atoms with E-state index >= 15 is 0 Å². The van der Waals surface area contributed by atoms with E-state index in [4.69, 9.17) is 5.11 Å². The molecule has 17 heavy (non-hydrogen) atoms. The average Bonchev–Trinajstić information content (AvgIpc) is 2.61. The molecule has 0 spiro atoms. The van der Waals surface area contributed by atoms with Crippen molar-refractivity contribution in [2.45, 2.75) is 0 Å². The standard InChI is InChI=1S/C11H8F2N2O2/c1-15-8(11(16)17)5-14-10(15)9-6(12)3-2-4-7(9)13/h2-5H,1H3,(H,16,17). The van der Waals surface area contributed by atoms with Crippen LogP contribution in [0.3, 0.4) is 0 Å². The van der Waals surface area contributed by atoms with E-state index < -0.39 is 17.6 Å². The molecule has 0 aliphatic rings. The number of imidazole rings is 1. The minimum Gasteiger partial charge on any atom is -0.477 e. The van der Waals surface area contributed by atoms with Gasteiger partial charge in [-0.1, -0.05) is 6.07 Å². The van der Waals surface area contributed by atoms with E-state index in [1.807, 2.05) is 0 Å². The van der Waals surface area contributed by atoms with Crippen LogP contribution in [0, 0.1) is 11.6 Å². The smallest absolute Gasteiger partial charge is 0.354 e. The van der Waals surface area contributed by atoms with E-state index in [0.29, 0.717) is 0 Å². The lowest BCUT2D eigenvalue weighted by atomic mass is 10.2. The Morgan fingerprint density at radius 2 is 1.94 bits per heavy atom. The van der Waals surface area contributed by atoms with E-state index in [9.17, 15) is 13.6 Å². The van der Waals surface area contributed by atoms with Crippen LogP contribution in [0.4, 0.5) is 8.78 Å². The summed E-state index contributed by atoms with van der Waals surface area (Å²) in [4.78, 5) is 14.5. The number of hydrogen-bond donors (Lipinski definition) is 1. The summed E-state index contributed by atoms with van der Waals surface area (Å²) in [6.45, 7) is 0. The first-order valence-electron chi connectivity index (χ1n) is 4.71. The molecular formula is C11H8F2N2O2. The van der Waals surface area contributed by atoms with Crippen molar-refractivity contribution >= 4 is 5.97 Å². The zero-order chi connectivity index (χ0) is 12.6. The third kappa shape index (κ3) is 1.77. The highest BCUT2D eigenvalue weighted by atomic mass is 19.1. The molecule has 0 saturated carbocycles. The Balaban J connectivity index is 2.66. The summed E-state index contributed by atoms with van der Waals surface area (Å²) in [5, 5.41) is 8.82. The molecule has 1 N–H and O–H groups in total. The largest absolute Gasteiger partial charge is 0.477 e. The lowest BCUT2D eigenvalue weighted by Crippen LogP contribution is -2.06. The number of rotatable bonds is 2. The Hall–Kier alpha value is -2.24. The van der Waals surface area contributed by atoms with Crippen molar-refractivity contribution in [1.29, 1.82) is 0 Å². The highest BCUT2D eigenvalue weighted by Crippen LogP contribution is 2.24. The maximum absolute atomic E-state index is 13.5. The number of benzene rings is 1. The lowest BCUT2D eigenvalue weighted by molar-refractivity contribution is 0.0686. The minimum absolute atomic E-state index is 0.0574. The van der Waals surface area contributed by atoms with Crippen molar-refractivity contribution in [3.05, 3.63) is 41.7 Å². The van der Waals surface area contributed by atoms with E-state index in [2.05, 4.69) is 4.98 Å². The number of carbonyl (C=O) groups is 1. The number of aromatic nitrogens is 2. The Labute approximate surface area is 95.1 Å². The normalized spacial score (nSPS) is 10.5. The molecular weight excluding hydrogens is 230 g/mol. The summed E-state index contributed by atoms with van der Waals surface area (Å²) in [6.07, 6.45) is 1.06. The lowest BCUT2D eigenvalue weighted by Gasteiger charge is -2.05. The van der Waals surface area contributed by atoms with E-state index in [0.717, 1.165) is 22.9 Å². The SMILES string of the molecule is Cn1c(C(=O)O)cnc1-c1c(F)cccc1F. The molecule has 2 rings (SSSR count). The average molecular weight is 238 g/mol. The van der Waals surface area contributed by atoms with Crippen molar-refractivity contribution < 1.29 is 18.7 Å². The molecule has 0 unspecified atom stereocenters. The van der Waals surface area contributed by atoms with Gasteiger partial charge in [0, 0.05) is 7.05 Å². The molecule has 2 aromatic rings. The molecule has 6 heteroatoms. The Morgan fingerprint density at radius 3 is 2.41 bits per heavy atom. The Morgan fingerprint density at radius 1 is 1.35 bits per heavy atom. The maximum Gasteiger partial charge on any atom is 0.354 e. The van der Waals surface area contributed by atoms with Crippen LogP contribution >= 0.6 is 0 Å². The molecule has 88 valence electrons. The molecule has 1 aromatic carbocycles. The maximum atomic E-state index is 13.5. The van der Waals surface area contributed by atoms with Gasteiger partial charge in [0.25, 0.3) is 0 Å². The predicted octanol–water partition coefficient (Wildman–Crippen LogP) is 2.06. The van der Waals surface area contributed by atoms with Crippen molar-refractivity contribution in [3.8, 4) is 11.4 Å². The van der Waals surface area contributed by atoms with Crippen molar-refractivity contribution in [1.82, 2.24) is 9.55 Å². The number of aromatic carboxylic acids is 1. The van der Waals surface area contributed by atoms with Gasteiger partial charge in [-0.15, -0.1) is 0 Å². The van der Waals surface area contributed by atoms with Crippen LogP contribution in [0.15, 0.2) is 24.4 Å². The number of hydrogen-bond acceptors (Lipinski definition) is 2. The summed E-state index contributed by atoms with van der Waals surface area (Å²) in [5.41, 5.74) is -0.467. The summed E-state index contributed by atoms with van der Waals surface area (Å²) in [6, 6.07) is 3.41. The van der Waals surface area contributed by atoms with Gasteiger partial charge in [-0.05, 0) is 12.1 Å². The third-order valence-corrected chi connectivity index (χ3v) is 2.39. The molecule has 1 heterocycles. The second-order valence-electron chi connectivity index (χ2n) is 3.43. The summed E-state index contributed by atoms with van der Waals surface area (Å²) in [7, 11) is 1.39. The topological polar surface area (TPSA) is 55.1 Å². The van der Waals surface area contributed by atoms with Gasteiger partial charge in [0.2, 0.25) is 0 Å². The first-order chi connectivity index (χ1) is 8.02. The predicted molar refractivity (Wildman–Crippen MR) is 55.5 cm³/mol. The van der Waals surface area contributed by atoms with Crippen LogP contribution in [0.5, 0.6) is 0 Å². The van der Waals surface area contributed by atoms with Crippen LogP contribution in [-0.2, 0) is 7.05 Å². The van der Waals surface area contributed by atoms with Crippen LogP contribution in [0.25, 0.3) is 11.4 Å². The Kier molecular flexibility index (Phi) is 2.63. The quantitative estimate of drug-likeness (QED) is 0.871. The molecule has 0 aliphatic heterocycles. The molecule has 0 atom stereocenters. The van der Waals surface area contributed by atoms with Gasteiger partial charge in [0.05, 0.1) is 11.8 Å². The summed E-state index contributed by atoms with van der Waals surface area (Å²) in [5.74, 6) is -2.83. The van der Waals surface area contributed by atoms with Crippen LogP contribution < -0.4 is 0 Å². The fourth-order valence-corrected chi connectivity index (χ4v) is 1.55. The van der Waals surface area contributed by atoms with Crippen LogP contribution in [-0.4, -0.2) is 20.6 Å². The summed E-state index contributed by atoms with van der Waals surface area (Å²) >= 11 is 0. The number of carboxylic acids is 1. The zero-order valence-electron chi connectivity index (χ0n) is 8.82. The molecule has 0 radical (unpaired) electrons. The van der Waals surface area contributed by atoms with Crippen LogP contribution in [0.2, 0.25) is 0 Å². The van der Waals surface area contributed by atoms with Crippen molar-refractivity contribution in [2.75, 3.05) is 0 Å². The molecule has 1 aromatic heterocycles. The Bertz CT molecular complexity index is 573. The molecule has 0 saturated heterocycles. The van der Waals surface area contributed by atoms with Gasteiger partial charge in [-0.3, -0.25) is 0 Å². The van der Waals surface area contributed by atoms with Gasteiger partial charge in [0.15, 0.2) is 0 Å². The second kappa shape index (κ2) is 3.97. The fraction of sp³-hybridized carbons (Fsp3) is 0.0909. The van der Waals surface area contributed by atoms with Gasteiger partial charge in [-0.25, -0.2) is 18.6 Å². The fourth-order valence-electron chi connectivity index (χ4n) is 1.55. The zero-order valence-corrected chi connectivity index (χ0v) is 8.82. The molecule has 0 amide bonds. The van der Waals surface area contributed by atoms with Gasteiger partial charge < -0.3 is 9.67 Å². The third-order valence-electron chi connectivity index (χ3n) is 2.39. The molecule has 0 bridgehead atoms. The van der Waals surface area contributed by atoms with Crippen LogP contribution in [0.1, 0.15) is 10.5 Å². The first-order valence-corrected chi connectivity index (χ1v) is 4.71. The van der Waals surface area contributed by atoms with Gasteiger partial charge >= 0.3 is 5.97 Å².